The van der Waals surface area contributed by atoms with Crippen molar-refractivity contribution in [3.63, 3.8) is 0 Å². The van der Waals surface area contributed by atoms with Crippen LogP contribution in [0.15, 0.2) is 91.0 Å². The van der Waals surface area contributed by atoms with Crippen LogP contribution in [0.2, 0.25) is 0 Å². The Morgan fingerprint density at radius 1 is 0.833 bits per heavy atom. The van der Waals surface area contributed by atoms with E-state index in [0.717, 1.165) is 62.1 Å². The number of halogens is 1. The second kappa shape index (κ2) is 20.1. The predicted octanol–water partition coefficient (Wildman–Crippen LogP) is 8.61. The van der Waals surface area contributed by atoms with Crippen molar-refractivity contribution < 1.29 is 28.6 Å². The first-order valence-electron chi connectivity index (χ1n) is 25.3. The maximum Gasteiger partial charge on any atom is 0.264 e. The second-order valence-corrected chi connectivity index (χ2v) is 20.2. The lowest BCUT2D eigenvalue weighted by Crippen LogP contribution is -2.49. The van der Waals surface area contributed by atoms with Crippen molar-refractivity contribution in [2.75, 3.05) is 51.3 Å². The molecule has 4 aliphatic rings. The fourth-order valence-corrected chi connectivity index (χ4v) is 10.9. The van der Waals surface area contributed by atoms with Gasteiger partial charge in [-0.15, -0.1) is 0 Å². The standard InChI is InChI=1S/C58H63FN8O5/c1-37-50(58(71)67(45-15-17-48(68)18-16-45)54-30-46(33-60)62(4)38(54)2)32-55(63(37)5)51-27-40-20-23-65(56(69)29-41-12-19-49(31-53(41)59)72-25-24-61(3)44-13-14-44)34-43(40)28-52(51)57(70)66-35-42-11-7-6-10-39(42)26-47(66)36-64-21-8-9-22-64/h6-7,10-12,15-19,27-28,30-32,44,47,68H,8-9,13-14,20-26,29,34-36H2,1-5H3/t47-/m0/s1. The van der Waals surface area contributed by atoms with E-state index in [1.54, 1.807) is 51.7 Å². The molecule has 6 aromatic rings. The molecule has 3 amide bonds. The number of benzene rings is 4. The largest absolute Gasteiger partial charge is 0.508 e. The number of fused-ring (bicyclic) bond motifs is 2. The van der Waals surface area contributed by atoms with Crippen molar-refractivity contribution in [3.8, 4) is 28.8 Å². The number of carbonyl (C=O) groups is 3. The fourth-order valence-electron chi connectivity index (χ4n) is 10.9. The number of nitriles is 1. The first-order chi connectivity index (χ1) is 34.8. The molecule has 0 spiro atoms. The van der Waals surface area contributed by atoms with Gasteiger partial charge in [0.15, 0.2) is 0 Å². The number of hydrogen-bond acceptors (Lipinski definition) is 8. The van der Waals surface area contributed by atoms with E-state index < -0.39 is 5.82 Å². The predicted molar refractivity (Wildman–Crippen MR) is 275 cm³/mol. The number of phenolic OH excluding ortho intramolecular Hbond substituents is 1. The number of hydrogen-bond donors (Lipinski definition) is 1. The molecule has 4 aromatic carbocycles. The van der Waals surface area contributed by atoms with E-state index in [1.165, 1.54) is 36.6 Å². The molecule has 2 aromatic heterocycles. The van der Waals surface area contributed by atoms with Gasteiger partial charge >= 0.3 is 0 Å². The van der Waals surface area contributed by atoms with Crippen LogP contribution in [0.25, 0.3) is 11.3 Å². The molecule has 0 radical (unpaired) electrons. The number of carbonyl (C=O) groups excluding carboxylic acids is 3. The van der Waals surface area contributed by atoms with Gasteiger partial charge in [-0.2, -0.15) is 5.26 Å². The monoisotopic (exact) mass is 970 g/mol. The highest BCUT2D eigenvalue weighted by Crippen LogP contribution is 2.39. The van der Waals surface area contributed by atoms with Crippen LogP contribution >= 0.6 is 0 Å². The minimum absolute atomic E-state index is 0.0520. The summed E-state index contributed by atoms with van der Waals surface area (Å²) in [6.07, 6.45) is 5.80. The molecule has 2 fully saturated rings. The van der Waals surface area contributed by atoms with E-state index in [0.29, 0.717) is 94.3 Å². The Hall–Kier alpha value is -7.21. The molecule has 13 nitrogen and oxygen atoms in total. The molecule has 1 saturated heterocycles. The lowest BCUT2D eigenvalue weighted by atomic mass is 9.89. The number of aromatic nitrogens is 2. The van der Waals surface area contributed by atoms with Crippen molar-refractivity contribution in [1.82, 2.24) is 28.7 Å². The first-order valence-corrected chi connectivity index (χ1v) is 25.3. The van der Waals surface area contributed by atoms with Crippen LogP contribution in [-0.2, 0) is 51.2 Å². The average molecular weight is 971 g/mol. The van der Waals surface area contributed by atoms with Crippen LogP contribution in [0.3, 0.4) is 0 Å². The highest BCUT2D eigenvalue weighted by Gasteiger charge is 2.36. The van der Waals surface area contributed by atoms with Crippen LogP contribution in [0.1, 0.15) is 91.3 Å². The van der Waals surface area contributed by atoms with Crippen molar-refractivity contribution >= 4 is 29.1 Å². The molecule has 0 unspecified atom stereocenters. The molecule has 10 rings (SSSR count). The van der Waals surface area contributed by atoms with Crippen LogP contribution in [-0.4, -0.2) is 110 Å². The number of likely N-dealkylation sites (tertiary alicyclic amines) is 1. The summed E-state index contributed by atoms with van der Waals surface area (Å²) in [7, 11) is 5.77. The summed E-state index contributed by atoms with van der Waals surface area (Å²) in [5.41, 5.74) is 9.56. The number of likely N-dealkylation sites (N-methyl/N-ethyl adjacent to an activating group) is 1. The van der Waals surface area contributed by atoms with E-state index in [-0.39, 0.29) is 42.5 Å². The van der Waals surface area contributed by atoms with E-state index >= 15 is 14.0 Å². The normalized spacial score (nSPS) is 16.7. The number of phenols is 1. The molecule has 372 valence electrons. The van der Waals surface area contributed by atoms with Gasteiger partial charge in [-0.25, -0.2) is 4.39 Å². The van der Waals surface area contributed by atoms with Gasteiger partial charge in [0.2, 0.25) is 5.91 Å². The third kappa shape index (κ3) is 9.63. The molecule has 14 heteroatoms. The topological polar surface area (TPSA) is 131 Å². The van der Waals surface area contributed by atoms with Gasteiger partial charge in [-0.05, 0) is 155 Å². The Bertz CT molecular complexity index is 3100. The van der Waals surface area contributed by atoms with Gasteiger partial charge in [0.25, 0.3) is 11.8 Å². The van der Waals surface area contributed by atoms with Crippen LogP contribution in [0, 0.1) is 31.0 Å². The lowest BCUT2D eigenvalue weighted by Gasteiger charge is -2.39. The summed E-state index contributed by atoms with van der Waals surface area (Å²) >= 11 is 0. The zero-order chi connectivity index (χ0) is 50.4. The van der Waals surface area contributed by atoms with Crippen molar-refractivity contribution in [3.05, 3.63) is 153 Å². The molecular weight excluding hydrogens is 908 g/mol. The van der Waals surface area contributed by atoms with Gasteiger partial charge in [-0.1, -0.05) is 30.3 Å². The number of aromatic hydroxyl groups is 1. The maximum absolute atomic E-state index is 15.7. The Labute approximate surface area is 421 Å². The van der Waals surface area contributed by atoms with Gasteiger partial charge < -0.3 is 38.6 Å². The molecular formula is C58H63FN8O5. The summed E-state index contributed by atoms with van der Waals surface area (Å²) < 4.78 is 25.1. The first kappa shape index (κ1) is 48.4. The molecule has 1 atom stereocenters. The van der Waals surface area contributed by atoms with Gasteiger partial charge in [0, 0.05) is 98.9 Å². The number of nitrogens with zero attached hydrogens (tertiary/aromatic N) is 8. The minimum Gasteiger partial charge on any atom is -0.508 e. The van der Waals surface area contributed by atoms with Crippen LogP contribution < -0.4 is 9.64 Å². The number of anilines is 2. The summed E-state index contributed by atoms with van der Waals surface area (Å²) in [5, 5.41) is 20.2. The smallest absolute Gasteiger partial charge is 0.264 e. The van der Waals surface area contributed by atoms with Crippen LogP contribution in [0.5, 0.6) is 11.5 Å². The fraction of sp³-hybridized carbons (Fsp3) is 0.379. The minimum atomic E-state index is -0.481. The number of amides is 3. The van der Waals surface area contributed by atoms with E-state index in [1.807, 2.05) is 48.6 Å². The quantitative estimate of drug-likeness (QED) is 0.115. The van der Waals surface area contributed by atoms with Crippen molar-refractivity contribution in [1.29, 1.82) is 5.26 Å². The van der Waals surface area contributed by atoms with Crippen molar-refractivity contribution in [2.24, 2.45) is 14.1 Å². The SMILES string of the molecule is Cc1c(N(C(=O)c2cc(-c3cc4c(cc3C(=O)N3Cc5ccccc5C[C@H]3CN3CCCC3)CN(C(=O)Cc3ccc(OCCN(C)C5CC5)cc3F)CC4)n(C)c2C)c2ccc(O)cc2)cc(C#N)n1C. The Balaban J connectivity index is 1.00. The summed E-state index contributed by atoms with van der Waals surface area (Å²) in [4.78, 5) is 55.0. The van der Waals surface area contributed by atoms with Gasteiger partial charge in [0.1, 0.15) is 35.7 Å². The Kier molecular flexibility index (Phi) is 13.5. The average Bonchev–Trinajstić information content (AvgIpc) is 3.94. The van der Waals surface area contributed by atoms with Gasteiger partial charge in [0.05, 0.1) is 17.7 Å². The number of ether oxygens (including phenoxy) is 1. The highest BCUT2D eigenvalue weighted by atomic mass is 19.1. The molecule has 1 N–H and O–H groups in total. The zero-order valence-corrected chi connectivity index (χ0v) is 42.0. The van der Waals surface area contributed by atoms with Crippen molar-refractivity contribution in [2.45, 2.75) is 84.0 Å². The third-order valence-corrected chi connectivity index (χ3v) is 15.7. The molecule has 72 heavy (non-hydrogen) atoms. The highest BCUT2D eigenvalue weighted by molar-refractivity contribution is 6.13. The van der Waals surface area contributed by atoms with E-state index in [4.69, 9.17) is 4.74 Å². The number of rotatable bonds is 14. The maximum atomic E-state index is 15.7. The van der Waals surface area contributed by atoms with E-state index in [2.05, 4.69) is 47.2 Å². The van der Waals surface area contributed by atoms with E-state index in [9.17, 15) is 15.2 Å². The van der Waals surface area contributed by atoms with Gasteiger partial charge in [-0.3, -0.25) is 19.3 Å². The van der Waals surface area contributed by atoms with Crippen LogP contribution in [0.4, 0.5) is 15.8 Å². The zero-order valence-electron chi connectivity index (χ0n) is 42.0. The molecule has 5 heterocycles. The molecule has 1 aliphatic carbocycles. The Morgan fingerprint density at radius 2 is 1.58 bits per heavy atom. The summed E-state index contributed by atoms with van der Waals surface area (Å²) in [5.74, 6) is -0.661. The summed E-state index contributed by atoms with van der Waals surface area (Å²) in [6.45, 7) is 8.82. The third-order valence-electron chi connectivity index (χ3n) is 15.7. The lowest BCUT2D eigenvalue weighted by molar-refractivity contribution is -0.131. The molecule has 0 bridgehead atoms. The Morgan fingerprint density at radius 3 is 2.29 bits per heavy atom. The second-order valence-electron chi connectivity index (χ2n) is 20.2. The summed E-state index contributed by atoms with van der Waals surface area (Å²) in [6, 6.07) is 29.8. The molecule has 1 saturated carbocycles. The molecule has 3 aliphatic heterocycles.